The Bertz CT molecular complexity index is 677. The third kappa shape index (κ3) is 16.7. The first-order valence-electron chi connectivity index (χ1n) is 14.9. The van der Waals surface area contributed by atoms with Gasteiger partial charge in [-0.05, 0) is 31.1 Å². The lowest BCUT2D eigenvalue weighted by Gasteiger charge is -2.30. The van der Waals surface area contributed by atoms with Crippen molar-refractivity contribution >= 4 is 23.9 Å². The van der Waals surface area contributed by atoms with Crippen molar-refractivity contribution in [2.45, 2.75) is 136 Å². The minimum absolute atomic E-state index is 0.147. The normalized spacial score (nSPS) is 15.3. The fourth-order valence-corrected chi connectivity index (χ4v) is 5.56. The van der Waals surface area contributed by atoms with Crippen LogP contribution in [0.25, 0.3) is 0 Å². The maximum absolute atomic E-state index is 12.4. The highest BCUT2D eigenvalue weighted by Crippen LogP contribution is 2.36. The summed E-state index contributed by atoms with van der Waals surface area (Å²) in [6.45, 7) is 6.44. The molecule has 0 aliphatic heterocycles. The molecule has 0 saturated heterocycles. The minimum Gasteiger partial charge on any atom is -0.481 e. The lowest BCUT2D eigenvalue weighted by molar-refractivity contribution is -0.158. The van der Waals surface area contributed by atoms with Crippen LogP contribution < -0.4 is 0 Å². The highest BCUT2D eigenvalue weighted by atomic mass is 16.4. The van der Waals surface area contributed by atoms with Crippen molar-refractivity contribution in [2.24, 2.45) is 29.6 Å². The van der Waals surface area contributed by atoms with Crippen molar-refractivity contribution in [3.63, 3.8) is 0 Å². The van der Waals surface area contributed by atoms with Gasteiger partial charge in [0.05, 0.1) is 24.2 Å². The molecule has 0 radical (unpaired) electrons. The van der Waals surface area contributed by atoms with Gasteiger partial charge < -0.3 is 20.4 Å². The van der Waals surface area contributed by atoms with Crippen LogP contribution in [0, 0.1) is 29.6 Å². The van der Waals surface area contributed by atoms with E-state index < -0.39 is 54.0 Å². The van der Waals surface area contributed by atoms with E-state index in [0.717, 1.165) is 57.8 Å². The molecule has 0 amide bonds. The smallest absolute Gasteiger partial charge is 0.307 e. The zero-order chi connectivity index (χ0) is 28.9. The van der Waals surface area contributed by atoms with E-state index in [9.17, 15) is 39.6 Å². The third-order valence-electron chi connectivity index (χ3n) is 7.84. The Morgan fingerprint density at radius 3 is 1.58 bits per heavy atom. The van der Waals surface area contributed by atoms with Crippen LogP contribution in [0.15, 0.2) is 0 Å². The zero-order valence-corrected chi connectivity index (χ0v) is 24.0. The van der Waals surface area contributed by atoms with E-state index in [1.165, 1.54) is 19.3 Å². The van der Waals surface area contributed by atoms with Crippen LogP contribution in [0.5, 0.6) is 0 Å². The van der Waals surface area contributed by atoms with Crippen LogP contribution in [0.3, 0.4) is 0 Å². The Balaban J connectivity index is 5.48. The second kappa shape index (κ2) is 21.8. The standard InChI is InChI=1S/C30H54O8/c1-4-6-8-10-11-12-14-18-23(20-24(28(33)34)21-26(31)32)27(30(37)38)25(29(35)36)19-15-17-22(3)16-13-9-7-5-2/h22-25,27H,4-21H2,1-3H3,(H,31,32)(H,33,34)(H,35,36)(H,37,38). The van der Waals surface area contributed by atoms with Crippen LogP contribution in [0.4, 0.5) is 0 Å². The molecule has 222 valence electrons. The molecule has 5 atom stereocenters. The lowest BCUT2D eigenvalue weighted by Crippen LogP contribution is -2.37. The van der Waals surface area contributed by atoms with Gasteiger partial charge in [0.15, 0.2) is 0 Å². The summed E-state index contributed by atoms with van der Waals surface area (Å²) < 4.78 is 0. The van der Waals surface area contributed by atoms with E-state index in [4.69, 9.17) is 0 Å². The molecule has 0 aromatic carbocycles. The Hall–Kier alpha value is -2.12. The molecular formula is C30H54O8. The fourth-order valence-electron chi connectivity index (χ4n) is 5.56. The predicted molar refractivity (Wildman–Crippen MR) is 148 cm³/mol. The SMILES string of the molecule is CCCCCCCCCC(CC(CC(=O)O)C(=O)O)C(C(=O)O)C(CCCC(C)CCCCCC)C(=O)O. The molecule has 0 aliphatic rings. The molecule has 0 fully saturated rings. The number of rotatable bonds is 26. The Labute approximate surface area is 229 Å². The molecule has 0 heterocycles. The molecule has 0 aliphatic carbocycles. The average molecular weight is 543 g/mol. The summed E-state index contributed by atoms with van der Waals surface area (Å²) >= 11 is 0. The molecule has 8 nitrogen and oxygen atoms in total. The number of carboxylic acids is 4. The van der Waals surface area contributed by atoms with Gasteiger partial charge in [0.25, 0.3) is 0 Å². The van der Waals surface area contributed by atoms with E-state index in [1.54, 1.807) is 0 Å². The van der Waals surface area contributed by atoms with Crippen LogP contribution >= 0.6 is 0 Å². The van der Waals surface area contributed by atoms with Crippen LogP contribution in [-0.4, -0.2) is 44.3 Å². The highest BCUT2D eigenvalue weighted by molar-refractivity contribution is 5.81. The quantitative estimate of drug-likeness (QED) is 0.0821. The molecule has 0 bridgehead atoms. The van der Waals surface area contributed by atoms with Gasteiger partial charge in [-0.2, -0.15) is 0 Å². The number of carboxylic acid groups (broad SMARTS) is 4. The monoisotopic (exact) mass is 542 g/mol. The number of aliphatic carboxylic acids is 4. The molecule has 5 unspecified atom stereocenters. The first kappa shape index (κ1) is 35.9. The van der Waals surface area contributed by atoms with E-state index in [1.807, 2.05) is 0 Å². The molecule has 0 spiro atoms. The number of hydrogen-bond acceptors (Lipinski definition) is 4. The summed E-state index contributed by atoms with van der Waals surface area (Å²) in [4.78, 5) is 47.8. The molecular weight excluding hydrogens is 488 g/mol. The summed E-state index contributed by atoms with van der Waals surface area (Å²) in [5, 5.41) is 39.0. The van der Waals surface area contributed by atoms with Gasteiger partial charge in [-0.3, -0.25) is 19.2 Å². The summed E-state index contributed by atoms with van der Waals surface area (Å²) in [5.41, 5.74) is 0. The van der Waals surface area contributed by atoms with Crippen molar-refractivity contribution in [1.29, 1.82) is 0 Å². The molecule has 38 heavy (non-hydrogen) atoms. The summed E-state index contributed by atoms with van der Waals surface area (Å²) in [7, 11) is 0. The van der Waals surface area contributed by atoms with Crippen molar-refractivity contribution in [2.75, 3.05) is 0 Å². The summed E-state index contributed by atoms with van der Waals surface area (Å²) in [5.74, 6) is -8.87. The van der Waals surface area contributed by atoms with E-state index in [-0.39, 0.29) is 12.8 Å². The Kier molecular flexibility index (Phi) is 20.6. The number of hydrogen-bond donors (Lipinski definition) is 4. The molecule has 8 heteroatoms. The van der Waals surface area contributed by atoms with Gasteiger partial charge >= 0.3 is 23.9 Å². The topological polar surface area (TPSA) is 149 Å². The van der Waals surface area contributed by atoms with Gasteiger partial charge in [-0.25, -0.2) is 0 Å². The molecule has 0 aromatic rings. The van der Waals surface area contributed by atoms with Crippen molar-refractivity contribution in [3.05, 3.63) is 0 Å². The number of unbranched alkanes of at least 4 members (excludes halogenated alkanes) is 9. The fraction of sp³-hybridized carbons (Fsp3) is 0.867. The van der Waals surface area contributed by atoms with Crippen LogP contribution in [0.2, 0.25) is 0 Å². The minimum atomic E-state index is -1.29. The first-order valence-corrected chi connectivity index (χ1v) is 14.9. The Morgan fingerprint density at radius 2 is 1.08 bits per heavy atom. The van der Waals surface area contributed by atoms with Crippen LogP contribution in [0.1, 0.15) is 136 Å². The summed E-state index contributed by atoms with van der Waals surface area (Å²) in [6.07, 6.45) is 14.0. The molecule has 0 rings (SSSR count). The van der Waals surface area contributed by atoms with E-state index in [2.05, 4.69) is 20.8 Å². The largest absolute Gasteiger partial charge is 0.481 e. The predicted octanol–water partition coefficient (Wildman–Crippen LogP) is 7.49. The van der Waals surface area contributed by atoms with Gasteiger partial charge in [0, 0.05) is 0 Å². The lowest BCUT2D eigenvalue weighted by atomic mass is 9.72. The highest BCUT2D eigenvalue weighted by Gasteiger charge is 2.41. The van der Waals surface area contributed by atoms with Gasteiger partial charge in [-0.15, -0.1) is 0 Å². The van der Waals surface area contributed by atoms with Crippen LogP contribution in [-0.2, 0) is 19.2 Å². The Morgan fingerprint density at radius 1 is 0.579 bits per heavy atom. The number of carbonyl (C=O) groups is 4. The van der Waals surface area contributed by atoms with Crippen molar-refractivity contribution in [1.82, 2.24) is 0 Å². The molecule has 0 saturated carbocycles. The van der Waals surface area contributed by atoms with E-state index in [0.29, 0.717) is 25.2 Å². The third-order valence-corrected chi connectivity index (χ3v) is 7.84. The summed E-state index contributed by atoms with van der Waals surface area (Å²) in [6, 6.07) is 0. The second-order valence-electron chi connectivity index (χ2n) is 11.2. The van der Waals surface area contributed by atoms with Gasteiger partial charge in [0.1, 0.15) is 0 Å². The van der Waals surface area contributed by atoms with Crippen molar-refractivity contribution < 1.29 is 39.6 Å². The maximum Gasteiger partial charge on any atom is 0.307 e. The van der Waals surface area contributed by atoms with Gasteiger partial charge in [-0.1, -0.05) is 111 Å². The molecule has 4 N–H and O–H groups in total. The molecule has 0 aromatic heterocycles. The van der Waals surface area contributed by atoms with E-state index >= 15 is 0 Å². The maximum atomic E-state index is 12.4. The first-order chi connectivity index (χ1) is 18.0. The average Bonchev–Trinajstić information content (AvgIpc) is 2.83. The second-order valence-corrected chi connectivity index (χ2v) is 11.2. The zero-order valence-electron chi connectivity index (χ0n) is 24.0. The van der Waals surface area contributed by atoms with Gasteiger partial charge in [0.2, 0.25) is 0 Å². The van der Waals surface area contributed by atoms with Crippen molar-refractivity contribution in [3.8, 4) is 0 Å².